The zero-order valence-electron chi connectivity index (χ0n) is 9.36. The molecule has 0 aliphatic rings. The number of ether oxygens (including phenoxy) is 1. The fourth-order valence-electron chi connectivity index (χ4n) is 1.65. The van der Waals surface area contributed by atoms with Crippen LogP contribution in [0.2, 0.25) is 5.15 Å². The van der Waals surface area contributed by atoms with Crippen LogP contribution in [0, 0.1) is 13.8 Å². The Labute approximate surface area is 98.8 Å². The highest BCUT2D eigenvalue weighted by Gasteiger charge is 2.12. The molecule has 0 spiro atoms. The highest BCUT2D eigenvalue weighted by molar-refractivity contribution is 6.29. The number of hydrogen-bond donors (Lipinski definition) is 0. The lowest BCUT2D eigenvalue weighted by Gasteiger charge is -2.11. The van der Waals surface area contributed by atoms with Gasteiger partial charge in [0.2, 0.25) is 5.82 Å². The Morgan fingerprint density at radius 2 is 1.81 bits per heavy atom. The normalized spacial score (nSPS) is 10.5. The summed E-state index contributed by atoms with van der Waals surface area (Å²) in [7, 11) is 1.59. The van der Waals surface area contributed by atoms with Crippen LogP contribution in [0.4, 0.5) is 0 Å². The number of aryl methyl sites for hydroxylation is 2. The molecule has 0 radical (unpaired) electrons. The second-order valence-corrected chi connectivity index (χ2v) is 3.90. The third-order valence-electron chi connectivity index (χ3n) is 2.41. The van der Waals surface area contributed by atoms with Crippen molar-refractivity contribution in [3.8, 4) is 11.6 Å². The van der Waals surface area contributed by atoms with Crippen LogP contribution in [0.1, 0.15) is 11.4 Å². The van der Waals surface area contributed by atoms with E-state index in [-0.39, 0.29) is 0 Å². The summed E-state index contributed by atoms with van der Waals surface area (Å²) in [6.07, 6.45) is 0. The lowest BCUT2D eigenvalue weighted by molar-refractivity contribution is 0.408. The second-order valence-electron chi connectivity index (χ2n) is 3.51. The molecule has 2 aromatic heterocycles. The SMILES string of the molecule is COc1cc(Cl)nnc1-n1c(C)ccc1C. The summed E-state index contributed by atoms with van der Waals surface area (Å²) in [4.78, 5) is 0. The van der Waals surface area contributed by atoms with Crippen molar-refractivity contribution in [1.29, 1.82) is 0 Å². The van der Waals surface area contributed by atoms with Gasteiger partial charge in [-0.1, -0.05) is 11.6 Å². The van der Waals surface area contributed by atoms with Gasteiger partial charge in [0.25, 0.3) is 0 Å². The van der Waals surface area contributed by atoms with Gasteiger partial charge in [0.15, 0.2) is 10.9 Å². The van der Waals surface area contributed by atoms with E-state index in [1.807, 2.05) is 30.5 Å². The van der Waals surface area contributed by atoms with Gasteiger partial charge in [-0.05, 0) is 26.0 Å². The monoisotopic (exact) mass is 237 g/mol. The van der Waals surface area contributed by atoms with Gasteiger partial charge >= 0.3 is 0 Å². The lowest BCUT2D eigenvalue weighted by atomic mass is 10.4. The fraction of sp³-hybridized carbons (Fsp3) is 0.273. The summed E-state index contributed by atoms with van der Waals surface area (Å²) >= 11 is 5.77. The summed E-state index contributed by atoms with van der Waals surface area (Å²) in [5.41, 5.74) is 2.15. The first kappa shape index (κ1) is 11.0. The molecule has 0 amide bonds. The number of hydrogen-bond acceptors (Lipinski definition) is 3. The van der Waals surface area contributed by atoms with E-state index in [1.54, 1.807) is 13.2 Å². The van der Waals surface area contributed by atoms with E-state index in [4.69, 9.17) is 16.3 Å². The van der Waals surface area contributed by atoms with E-state index in [1.165, 1.54) is 0 Å². The number of halogens is 1. The highest BCUT2D eigenvalue weighted by Crippen LogP contribution is 2.25. The molecule has 0 N–H and O–H groups in total. The molecule has 5 heteroatoms. The Morgan fingerprint density at radius 1 is 1.19 bits per heavy atom. The van der Waals surface area contributed by atoms with Crippen molar-refractivity contribution in [2.75, 3.05) is 7.11 Å². The smallest absolute Gasteiger partial charge is 0.202 e. The van der Waals surface area contributed by atoms with Gasteiger partial charge in [-0.25, -0.2) is 0 Å². The van der Waals surface area contributed by atoms with Crippen molar-refractivity contribution in [3.63, 3.8) is 0 Å². The third kappa shape index (κ3) is 1.76. The molecule has 16 heavy (non-hydrogen) atoms. The summed E-state index contributed by atoms with van der Waals surface area (Å²) in [5, 5.41) is 8.23. The van der Waals surface area contributed by atoms with Crippen molar-refractivity contribution in [1.82, 2.24) is 14.8 Å². The topological polar surface area (TPSA) is 39.9 Å². The molecule has 4 nitrogen and oxygen atoms in total. The fourth-order valence-corrected chi connectivity index (χ4v) is 1.79. The van der Waals surface area contributed by atoms with E-state index in [0.717, 1.165) is 11.4 Å². The van der Waals surface area contributed by atoms with Crippen molar-refractivity contribution >= 4 is 11.6 Å². The lowest BCUT2D eigenvalue weighted by Crippen LogP contribution is -2.05. The van der Waals surface area contributed by atoms with E-state index >= 15 is 0 Å². The first-order valence-corrected chi connectivity index (χ1v) is 5.24. The van der Waals surface area contributed by atoms with Gasteiger partial charge < -0.3 is 4.74 Å². The first-order valence-electron chi connectivity index (χ1n) is 4.86. The second kappa shape index (κ2) is 4.14. The first-order chi connectivity index (χ1) is 7.63. The van der Waals surface area contributed by atoms with Gasteiger partial charge in [-0.3, -0.25) is 4.57 Å². The molecule has 2 aromatic rings. The quantitative estimate of drug-likeness (QED) is 0.806. The molecule has 0 atom stereocenters. The van der Waals surface area contributed by atoms with Crippen LogP contribution in [0.15, 0.2) is 18.2 Å². The van der Waals surface area contributed by atoms with Gasteiger partial charge in [0.1, 0.15) is 0 Å². The van der Waals surface area contributed by atoms with Crippen LogP contribution in [0.3, 0.4) is 0 Å². The maximum Gasteiger partial charge on any atom is 0.202 e. The highest BCUT2D eigenvalue weighted by atomic mass is 35.5. The van der Waals surface area contributed by atoms with E-state index < -0.39 is 0 Å². The molecule has 0 saturated heterocycles. The predicted octanol–water partition coefficient (Wildman–Crippen LogP) is 2.55. The van der Waals surface area contributed by atoms with Crippen LogP contribution >= 0.6 is 11.6 Å². The molecule has 0 unspecified atom stereocenters. The molecule has 0 aromatic carbocycles. The molecule has 0 aliphatic heterocycles. The predicted molar refractivity (Wildman–Crippen MR) is 62.4 cm³/mol. The Bertz CT molecular complexity index is 502. The van der Waals surface area contributed by atoms with Gasteiger partial charge in [0.05, 0.1) is 7.11 Å². The zero-order valence-corrected chi connectivity index (χ0v) is 10.1. The van der Waals surface area contributed by atoms with E-state index in [0.29, 0.717) is 16.7 Å². The third-order valence-corrected chi connectivity index (χ3v) is 2.60. The maximum absolute atomic E-state index is 5.77. The average Bonchev–Trinajstić information content (AvgIpc) is 2.59. The molecule has 84 valence electrons. The molecule has 2 heterocycles. The Kier molecular flexibility index (Phi) is 2.83. The number of nitrogens with zero attached hydrogens (tertiary/aromatic N) is 3. The minimum atomic E-state index is 0.322. The maximum atomic E-state index is 5.77. The van der Waals surface area contributed by atoms with Gasteiger partial charge in [-0.15, -0.1) is 10.2 Å². The standard InChI is InChI=1S/C11H12ClN3O/c1-7-4-5-8(2)15(7)11-9(16-3)6-10(12)13-14-11/h4-6H,1-3H3. The molecule has 2 rings (SSSR count). The van der Waals surface area contributed by atoms with Crippen LogP contribution < -0.4 is 4.74 Å². The molecule has 0 fully saturated rings. The van der Waals surface area contributed by atoms with E-state index in [2.05, 4.69) is 10.2 Å². The van der Waals surface area contributed by atoms with Crippen LogP contribution in [0.5, 0.6) is 5.75 Å². The molecular formula is C11H12ClN3O. The molecule has 0 saturated carbocycles. The summed E-state index contributed by atoms with van der Waals surface area (Å²) in [6.45, 7) is 4.01. The van der Waals surface area contributed by atoms with Gasteiger partial charge in [-0.2, -0.15) is 0 Å². The number of aromatic nitrogens is 3. The zero-order chi connectivity index (χ0) is 11.7. The average molecular weight is 238 g/mol. The van der Waals surface area contributed by atoms with Gasteiger partial charge in [0, 0.05) is 17.5 Å². The summed E-state index contributed by atoms with van der Waals surface area (Å²) in [5.74, 6) is 1.27. The minimum absolute atomic E-state index is 0.322. The largest absolute Gasteiger partial charge is 0.493 e. The molecule has 0 aliphatic carbocycles. The molecule has 0 bridgehead atoms. The Balaban J connectivity index is 2.64. The Hall–Kier alpha value is -1.55. The summed E-state index contributed by atoms with van der Waals surface area (Å²) < 4.78 is 7.23. The van der Waals surface area contributed by atoms with Crippen molar-refractivity contribution < 1.29 is 4.74 Å². The van der Waals surface area contributed by atoms with Crippen molar-refractivity contribution in [3.05, 3.63) is 34.7 Å². The van der Waals surface area contributed by atoms with E-state index in [9.17, 15) is 0 Å². The Morgan fingerprint density at radius 3 is 2.38 bits per heavy atom. The van der Waals surface area contributed by atoms with Crippen LogP contribution in [-0.4, -0.2) is 21.9 Å². The van der Waals surface area contributed by atoms with Crippen LogP contribution in [-0.2, 0) is 0 Å². The number of methoxy groups -OCH3 is 1. The summed E-state index contributed by atoms with van der Waals surface area (Å²) in [6, 6.07) is 5.69. The van der Waals surface area contributed by atoms with Crippen LogP contribution in [0.25, 0.3) is 5.82 Å². The van der Waals surface area contributed by atoms with Crippen molar-refractivity contribution in [2.24, 2.45) is 0 Å². The van der Waals surface area contributed by atoms with Crippen molar-refractivity contribution in [2.45, 2.75) is 13.8 Å². The minimum Gasteiger partial charge on any atom is -0.493 e. The molecular weight excluding hydrogens is 226 g/mol. The number of rotatable bonds is 2.